The van der Waals surface area contributed by atoms with Gasteiger partial charge in [0, 0.05) is 25.4 Å². The van der Waals surface area contributed by atoms with Gasteiger partial charge in [-0.15, -0.1) is 0 Å². The largest absolute Gasteiger partial charge is 0.497 e. The zero-order valence-electron chi connectivity index (χ0n) is 17.5. The molecule has 0 radical (unpaired) electrons. The Bertz CT molecular complexity index is 1100. The molecule has 1 saturated carbocycles. The molecule has 0 N–H and O–H groups in total. The zero-order valence-corrected chi connectivity index (χ0v) is 18.3. The molecule has 0 bridgehead atoms. The Hall–Kier alpha value is -2.58. The van der Waals surface area contributed by atoms with Crippen LogP contribution in [0.1, 0.15) is 24.8 Å². The van der Waals surface area contributed by atoms with Gasteiger partial charge >= 0.3 is 0 Å². The van der Waals surface area contributed by atoms with Crippen LogP contribution in [0.4, 0.5) is 0 Å². The van der Waals surface area contributed by atoms with Gasteiger partial charge < -0.3 is 14.4 Å². The first kappa shape index (κ1) is 20.3. The molecule has 3 aliphatic rings. The van der Waals surface area contributed by atoms with E-state index >= 15 is 0 Å². The number of amides is 1. The minimum absolute atomic E-state index is 0.132. The van der Waals surface area contributed by atoms with Crippen LogP contribution < -0.4 is 9.47 Å². The van der Waals surface area contributed by atoms with Gasteiger partial charge in [0.15, 0.2) is 0 Å². The molecule has 2 heterocycles. The highest BCUT2D eigenvalue weighted by molar-refractivity contribution is 7.89. The van der Waals surface area contributed by atoms with Gasteiger partial charge in [0.05, 0.1) is 20.2 Å². The van der Waals surface area contributed by atoms with Crippen LogP contribution in [0.2, 0.25) is 0 Å². The summed E-state index contributed by atoms with van der Waals surface area (Å²) >= 11 is 0. The molecule has 1 spiro atoms. The van der Waals surface area contributed by atoms with Crippen LogP contribution in [-0.4, -0.2) is 55.9 Å². The van der Waals surface area contributed by atoms with Crippen molar-refractivity contribution in [3.8, 4) is 11.5 Å². The van der Waals surface area contributed by atoms with Crippen molar-refractivity contribution in [2.45, 2.75) is 36.3 Å². The maximum Gasteiger partial charge on any atom is 0.247 e. The number of sulfonamides is 1. The molecule has 2 aromatic carbocycles. The smallest absolute Gasteiger partial charge is 0.247 e. The summed E-state index contributed by atoms with van der Waals surface area (Å²) in [5, 5.41) is 0. The Morgan fingerprint density at radius 1 is 1.13 bits per heavy atom. The molecule has 1 unspecified atom stereocenters. The Labute approximate surface area is 182 Å². The number of fused-ring (bicyclic) bond motifs is 1. The molecule has 2 aromatic rings. The number of rotatable bonds is 4. The number of methoxy groups -OCH3 is 1. The van der Waals surface area contributed by atoms with Crippen molar-refractivity contribution in [3.63, 3.8) is 0 Å². The average Bonchev–Trinajstić information content (AvgIpc) is 3.55. The fourth-order valence-electron chi connectivity index (χ4n) is 4.47. The summed E-state index contributed by atoms with van der Waals surface area (Å²) in [5.41, 5.74) is 0.110. The topological polar surface area (TPSA) is 76.2 Å². The third kappa shape index (κ3) is 3.78. The lowest BCUT2D eigenvalue weighted by molar-refractivity contribution is -0.132. The van der Waals surface area contributed by atoms with Crippen LogP contribution >= 0.6 is 0 Å². The fraction of sp³-hybridized carbons (Fsp3) is 0.435. The number of nitrogens with zero attached hydrogens (tertiary/aromatic N) is 2. The summed E-state index contributed by atoms with van der Waals surface area (Å²) in [6, 6.07) is 14.2. The molecule has 31 heavy (non-hydrogen) atoms. The lowest BCUT2D eigenvalue weighted by atomic mass is 10.0. The van der Waals surface area contributed by atoms with Crippen LogP contribution in [0.5, 0.6) is 11.5 Å². The second kappa shape index (κ2) is 7.53. The minimum Gasteiger partial charge on any atom is -0.497 e. The second-order valence-corrected chi connectivity index (χ2v) is 10.5. The molecule has 8 heteroatoms. The van der Waals surface area contributed by atoms with Gasteiger partial charge in [0.2, 0.25) is 15.9 Å². The number of hydrogen-bond acceptors (Lipinski definition) is 5. The van der Waals surface area contributed by atoms with Crippen molar-refractivity contribution in [3.05, 3.63) is 54.1 Å². The van der Waals surface area contributed by atoms with Crippen LogP contribution in [0.15, 0.2) is 53.4 Å². The molecule has 1 saturated heterocycles. The van der Waals surface area contributed by atoms with E-state index < -0.39 is 15.6 Å². The maximum absolute atomic E-state index is 13.6. The number of ether oxygens (including phenoxy) is 2. The second-order valence-electron chi connectivity index (χ2n) is 8.64. The molecular formula is C23H26N2O5S. The first-order valence-corrected chi connectivity index (χ1v) is 12.0. The monoisotopic (exact) mass is 442 g/mol. The van der Waals surface area contributed by atoms with Gasteiger partial charge in [0.1, 0.15) is 22.0 Å². The van der Waals surface area contributed by atoms with E-state index in [-0.39, 0.29) is 29.8 Å². The highest BCUT2D eigenvalue weighted by Gasteiger charge is 2.50. The van der Waals surface area contributed by atoms with Gasteiger partial charge in [-0.05, 0) is 42.7 Å². The first-order chi connectivity index (χ1) is 14.9. The molecule has 5 rings (SSSR count). The Morgan fingerprint density at radius 2 is 1.87 bits per heavy atom. The molecular weight excluding hydrogens is 416 g/mol. The van der Waals surface area contributed by atoms with Gasteiger partial charge in [-0.2, -0.15) is 4.31 Å². The van der Waals surface area contributed by atoms with Crippen molar-refractivity contribution in [1.29, 1.82) is 0 Å². The van der Waals surface area contributed by atoms with E-state index in [0.29, 0.717) is 25.3 Å². The number of para-hydroxylation sites is 1. The number of carbonyl (C=O) groups is 1. The summed E-state index contributed by atoms with van der Waals surface area (Å²) in [5.74, 6) is 1.38. The normalized spacial score (nSPS) is 25.0. The van der Waals surface area contributed by atoms with Crippen LogP contribution in [0.3, 0.4) is 0 Å². The third-order valence-electron chi connectivity index (χ3n) is 6.33. The predicted molar refractivity (Wildman–Crippen MR) is 114 cm³/mol. The minimum atomic E-state index is -3.76. The SMILES string of the molecule is COc1ccc(CN2CC3(CCN(C(=O)C4CC4)C3)Oc3ccccc3S2(=O)=O)cc1. The lowest BCUT2D eigenvalue weighted by Crippen LogP contribution is -2.49. The van der Waals surface area contributed by atoms with Crippen molar-refractivity contribution >= 4 is 15.9 Å². The molecule has 0 aromatic heterocycles. The Balaban J connectivity index is 1.49. The number of hydrogen-bond donors (Lipinski definition) is 0. The summed E-state index contributed by atoms with van der Waals surface area (Å²) in [6.07, 6.45) is 2.50. The van der Waals surface area contributed by atoms with E-state index in [9.17, 15) is 13.2 Å². The molecule has 164 valence electrons. The highest BCUT2D eigenvalue weighted by atomic mass is 32.2. The van der Waals surface area contributed by atoms with E-state index in [0.717, 1.165) is 24.2 Å². The predicted octanol–water partition coefficient (Wildman–Crippen LogP) is 2.66. The van der Waals surface area contributed by atoms with Crippen molar-refractivity contribution in [2.75, 3.05) is 26.7 Å². The van der Waals surface area contributed by atoms with E-state index in [1.807, 2.05) is 29.2 Å². The summed E-state index contributed by atoms with van der Waals surface area (Å²) in [7, 11) is -2.17. The molecule has 2 aliphatic heterocycles. The summed E-state index contributed by atoms with van der Waals surface area (Å²) in [6.45, 7) is 1.42. The Morgan fingerprint density at radius 3 is 2.58 bits per heavy atom. The Kier molecular flexibility index (Phi) is 4.94. The number of carbonyl (C=O) groups excluding carboxylic acids is 1. The summed E-state index contributed by atoms with van der Waals surface area (Å²) < 4.78 is 40.2. The van der Waals surface area contributed by atoms with Gasteiger partial charge in [-0.25, -0.2) is 8.42 Å². The van der Waals surface area contributed by atoms with Crippen LogP contribution in [0.25, 0.3) is 0 Å². The van der Waals surface area contributed by atoms with Crippen molar-refractivity contribution in [2.24, 2.45) is 5.92 Å². The van der Waals surface area contributed by atoms with Crippen molar-refractivity contribution in [1.82, 2.24) is 9.21 Å². The molecule has 1 amide bonds. The van der Waals surface area contributed by atoms with Crippen LogP contribution in [-0.2, 0) is 21.4 Å². The molecule has 1 aliphatic carbocycles. The van der Waals surface area contributed by atoms with E-state index in [1.165, 1.54) is 4.31 Å². The third-order valence-corrected chi connectivity index (χ3v) is 8.16. The van der Waals surface area contributed by atoms with Gasteiger partial charge in [-0.1, -0.05) is 24.3 Å². The van der Waals surface area contributed by atoms with Gasteiger partial charge in [0.25, 0.3) is 0 Å². The lowest BCUT2D eigenvalue weighted by Gasteiger charge is -2.32. The average molecular weight is 443 g/mol. The molecule has 7 nitrogen and oxygen atoms in total. The van der Waals surface area contributed by atoms with Gasteiger partial charge in [-0.3, -0.25) is 4.79 Å². The van der Waals surface area contributed by atoms with E-state index in [4.69, 9.17) is 9.47 Å². The van der Waals surface area contributed by atoms with Crippen molar-refractivity contribution < 1.29 is 22.7 Å². The number of benzene rings is 2. The fourth-order valence-corrected chi connectivity index (χ4v) is 6.08. The first-order valence-electron chi connectivity index (χ1n) is 10.6. The highest BCUT2D eigenvalue weighted by Crippen LogP contribution is 2.40. The van der Waals surface area contributed by atoms with E-state index in [1.54, 1.807) is 31.4 Å². The quantitative estimate of drug-likeness (QED) is 0.728. The standard InChI is InChI=1S/C23H26N2O5S/c1-29-19-10-6-17(7-11-19)14-25-16-23(12-13-24(15-23)22(26)18-8-9-18)30-20-4-2-3-5-21(20)31(25,27)28/h2-7,10-11,18H,8-9,12-16H2,1H3. The molecule has 2 fully saturated rings. The van der Waals surface area contributed by atoms with Crippen LogP contribution in [0, 0.1) is 5.92 Å². The summed E-state index contributed by atoms with van der Waals surface area (Å²) in [4.78, 5) is 14.7. The maximum atomic E-state index is 13.6. The molecule has 1 atom stereocenters. The zero-order chi connectivity index (χ0) is 21.6. The number of likely N-dealkylation sites (tertiary alicyclic amines) is 1. The van der Waals surface area contributed by atoms with E-state index in [2.05, 4.69) is 0 Å².